The fraction of sp³-hybridized carbons (Fsp3) is 0.250. The molecule has 5 nitrogen and oxygen atoms in total. The number of aliphatic hydroxyl groups is 1. The fourth-order valence-electron chi connectivity index (χ4n) is 1.92. The standard InChI is InChI=1S/C12H12N2O3S/c1-2-7-14-10(8-13)12(15)9-5-3-4-6-11(9)18(14,16)17/h3-6,15H,2,7H2,1H3. The van der Waals surface area contributed by atoms with Gasteiger partial charge in [-0.3, -0.25) is 4.31 Å². The van der Waals surface area contributed by atoms with Crippen molar-refractivity contribution in [3.8, 4) is 6.07 Å². The van der Waals surface area contributed by atoms with E-state index in [1.807, 2.05) is 6.92 Å². The zero-order chi connectivity index (χ0) is 13.3. The fourth-order valence-corrected chi connectivity index (χ4v) is 3.64. The molecule has 1 aromatic rings. The zero-order valence-corrected chi connectivity index (χ0v) is 10.6. The molecular formula is C12H12N2O3S. The van der Waals surface area contributed by atoms with Gasteiger partial charge in [-0.25, -0.2) is 8.42 Å². The van der Waals surface area contributed by atoms with Crippen molar-refractivity contribution >= 4 is 15.8 Å². The Morgan fingerprint density at radius 1 is 1.39 bits per heavy atom. The van der Waals surface area contributed by atoms with Crippen molar-refractivity contribution in [2.75, 3.05) is 6.54 Å². The highest BCUT2D eigenvalue weighted by atomic mass is 32.2. The van der Waals surface area contributed by atoms with Crippen LogP contribution in [0, 0.1) is 11.3 Å². The van der Waals surface area contributed by atoms with E-state index in [0.29, 0.717) is 6.42 Å². The molecule has 1 aromatic carbocycles. The molecule has 2 rings (SSSR count). The van der Waals surface area contributed by atoms with Crippen molar-refractivity contribution in [3.63, 3.8) is 0 Å². The summed E-state index contributed by atoms with van der Waals surface area (Å²) in [4.78, 5) is 0.0370. The van der Waals surface area contributed by atoms with Crippen LogP contribution in [0.2, 0.25) is 0 Å². The number of sulfonamides is 1. The van der Waals surface area contributed by atoms with Gasteiger partial charge in [-0.15, -0.1) is 0 Å². The summed E-state index contributed by atoms with van der Waals surface area (Å²) in [7, 11) is -3.75. The molecule has 1 N–H and O–H groups in total. The van der Waals surface area contributed by atoms with Crippen molar-refractivity contribution in [2.45, 2.75) is 18.2 Å². The van der Waals surface area contributed by atoms with E-state index in [4.69, 9.17) is 5.26 Å². The van der Waals surface area contributed by atoms with Crippen molar-refractivity contribution in [3.05, 3.63) is 35.5 Å². The number of hydrogen-bond donors (Lipinski definition) is 1. The minimum atomic E-state index is -3.75. The molecule has 0 spiro atoms. The third kappa shape index (κ3) is 1.64. The number of nitriles is 1. The summed E-state index contributed by atoms with van der Waals surface area (Å²) in [6.07, 6.45) is 0.555. The molecule has 1 aliphatic rings. The van der Waals surface area contributed by atoms with Crippen LogP contribution in [0.3, 0.4) is 0 Å². The Bertz CT molecular complexity index is 656. The lowest BCUT2D eigenvalue weighted by Gasteiger charge is -2.28. The monoisotopic (exact) mass is 264 g/mol. The minimum absolute atomic E-state index is 0.0370. The van der Waals surface area contributed by atoms with Gasteiger partial charge in [0.1, 0.15) is 6.07 Å². The maximum absolute atomic E-state index is 12.3. The highest BCUT2D eigenvalue weighted by Crippen LogP contribution is 2.34. The maximum atomic E-state index is 12.3. The molecule has 0 fully saturated rings. The largest absolute Gasteiger partial charge is 0.504 e. The van der Waals surface area contributed by atoms with Crippen molar-refractivity contribution in [2.24, 2.45) is 0 Å². The van der Waals surface area contributed by atoms with Crippen LogP contribution in [0.4, 0.5) is 0 Å². The smallest absolute Gasteiger partial charge is 0.265 e. The molecular weight excluding hydrogens is 252 g/mol. The first kappa shape index (κ1) is 12.5. The molecule has 0 aromatic heterocycles. The van der Waals surface area contributed by atoms with Gasteiger partial charge >= 0.3 is 0 Å². The SMILES string of the molecule is CCCN1C(C#N)=C(O)c2ccccc2S1(=O)=O. The third-order valence-corrected chi connectivity index (χ3v) is 4.57. The van der Waals surface area contributed by atoms with E-state index >= 15 is 0 Å². The van der Waals surface area contributed by atoms with E-state index in [2.05, 4.69) is 0 Å². The molecule has 1 aliphatic heterocycles. The van der Waals surface area contributed by atoms with Gasteiger partial charge in [-0.05, 0) is 18.6 Å². The van der Waals surface area contributed by atoms with Gasteiger partial charge < -0.3 is 5.11 Å². The Morgan fingerprint density at radius 2 is 2.06 bits per heavy atom. The van der Waals surface area contributed by atoms with E-state index in [0.717, 1.165) is 4.31 Å². The van der Waals surface area contributed by atoms with Gasteiger partial charge in [0.2, 0.25) is 0 Å². The van der Waals surface area contributed by atoms with Gasteiger partial charge in [0.05, 0.1) is 4.90 Å². The van der Waals surface area contributed by atoms with Crippen LogP contribution >= 0.6 is 0 Å². The van der Waals surface area contributed by atoms with Crippen LogP contribution in [0.15, 0.2) is 34.9 Å². The first-order valence-corrected chi connectivity index (χ1v) is 6.93. The quantitative estimate of drug-likeness (QED) is 0.883. The average Bonchev–Trinajstić information content (AvgIpc) is 2.37. The molecule has 0 bridgehead atoms. The van der Waals surface area contributed by atoms with Crippen molar-refractivity contribution < 1.29 is 13.5 Å². The molecule has 0 radical (unpaired) electrons. The lowest BCUT2D eigenvalue weighted by molar-refractivity contribution is 0.442. The third-order valence-electron chi connectivity index (χ3n) is 2.72. The lowest BCUT2D eigenvalue weighted by Crippen LogP contribution is -2.35. The molecule has 94 valence electrons. The van der Waals surface area contributed by atoms with Crippen LogP contribution in [-0.2, 0) is 10.0 Å². The topological polar surface area (TPSA) is 81.4 Å². The van der Waals surface area contributed by atoms with Crippen molar-refractivity contribution in [1.82, 2.24) is 4.31 Å². The summed E-state index contributed by atoms with van der Waals surface area (Å²) in [6, 6.07) is 7.89. The summed E-state index contributed by atoms with van der Waals surface area (Å²) in [5, 5.41) is 19.0. The molecule has 18 heavy (non-hydrogen) atoms. The zero-order valence-electron chi connectivity index (χ0n) is 9.79. The number of aliphatic hydroxyl groups excluding tert-OH is 1. The Hall–Kier alpha value is -2.00. The van der Waals surface area contributed by atoms with Crippen LogP contribution in [-0.4, -0.2) is 24.4 Å². The van der Waals surface area contributed by atoms with Gasteiger partial charge in [0, 0.05) is 12.1 Å². The van der Waals surface area contributed by atoms with Crippen LogP contribution < -0.4 is 0 Å². The van der Waals surface area contributed by atoms with Gasteiger partial charge in [-0.1, -0.05) is 19.1 Å². The summed E-state index contributed by atoms with van der Waals surface area (Å²) >= 11 is 0. The second kappa shape index (κ2) is 4.35. The normalized spacial score (nSPS) is 17.2. The average molecular weight is 264 g/mol. The van der Waals surface area contributed by atoms with Gasteiger partial charge in [0.15, 0.2) is 11.5 Å². The van der Waals surface area contributed by atoms with E-state index in [1.54, 1.807) is 18.2 Å². The summed E-state index contributed by atoms with van der Waals surface area (Å²) in [6.45, 7) is 1.98. The lowest BCUT2D eigenvalue weighted by atomic mass is 10.1. The maximum Gasteiger partial charge on any atom is 0.265 e. The van der Waals surface area contributed by atoms with E-state index in [1.165, 1.54) is 12.1 Å². The summed E-state index contributed by atoms with van der Waals surface area (Å²) in [5.74, 6) is -0.281. The molecule has 6 heteroatoms. The number of allylic oxidation sites excluding steroid dienone is 1. The van der Waals surface area contributed by atoms with Gasteiger partial charge in [-0.2, -0.15) is 5.26 Å². The Balaban J connectivity index is 2.78. The minimum Gasteiger partial charge on any atom is -0.504 e. The predicted octanol–water partition coefficient (Wildman–Crippen LogP) is 1.85. The number of fused-ring (bicyclic) bond motifs is 1. The Morgan fingerprint density at radius 3 is 2.67 bits per heavy atom. The van der Waals surface area contributed by atoms with E-state index in [-0.39, 0.29) is 28.5 Å². The van der Waals surface area contributed by atoms with Crippen molar-refractivity contribution in [1.29, 1.82) is 5.26 Å². The second-order valence-corrected chi connectivity index (χ2v) is 5.71. The predicted molar refractivity (Wildman–Crippen MR) is 65.8 cm³/mol. The van der Waals surface area contributed by atoms with E-state index in [9.17, 15) is 13.5 Å². The molecule has 0 aliphatic carbocycles. The molecule has 0 saturated heterocycles. The Kier molecular flexibility index (Phi) is 3.01. The van der Waals surface area contributed by atoms with Crippen LogP contribution in [0.25, 0.3) is 5.76 Å². The first-order chi connectivity index (χ1) is 8.54. The molecule has 1 heterocycles. The molecule has 0 atom stereocenters. The first-order valence-electron chi connectivity index (χ1n) is 5.49. The molecule has 0 saturated carbocycles. The number of hydrogen-bond acceptors (Lipinski definition) is 4. The van der Waals surface area contributed by atoms with Gasteiger partial charge in [0.25, 0.3) is 10.0 Å². The second-order valence-electron chi connectivity index (χ2n) is 3.88. The molecule has 0 amide bonds. The number of rotatable bonds is 2. The highest BCUT2D eigenvalue weighted by molar-refractivity contribution is 7.89. The van der Waals surface area contributed by atoms with Crippen LogP contribution in [0.5, 0.6) is 0 Å². The van der Waals surface area contributed by atoms with E-state index < -0.39 is 10.0 Å². The summed E-state index contributed by atoms with van der Waals surface area (Å²) in [5.41, 5.74) is -0.0306. The number of nitrogens with zero attached hydrogens (tertiary/aromatic N) is 2. The summed E-state index contributed by atoms with van der Waals surface area (Å²) < 4.78 is 25.6. The number of benzene rings is 1. The van der Waals surface area contributed by atoms with Crippen LogP contribution in [0.1, 0.15) is 18.9 Å². The highest BCUT2D eigenvalue weighted by Gasteiger charge is 2.36. The Labute approximate surface area is 106 Å². The molecule has 0 unspecified atom stereocenters.